The fourth-order valence-electron chi connectivity index (χ4n) is 4.17. The van der Waals surface area contributed by atoms with Gasteiger partial charge in [-0.3, -0.25) is 19.3 Å². The van der Waals surface area contributed by atoms with Crippen molar-refractivity contribution in [2.75, 3.05) is 0 Å². The van der Waals surface area contributed by atoms with Crippen LogP contribution < -0.4 is 10.2 Å². The van der Waals surface area contributed by atoms with E-state index in [1.165, 1.54) is 19.1 Å². The second-order valence-electron chi connectivity index (χ2n) is 8.26. The van der Waals surface area contributed by atoms with Gasteiger partial charge in [-0.1, -0.05) is 55.5 Å². The van der Waals surface area contributed by atoms with E-state index in [9.17, 15) is 19.2 Å². The Hall–Kier alpha value is -4.52. The number of carbonyl (C=O) groups excluding carboxylic acids is 3. The van der Waals surface area contributed by atoms with Gasteiger partial charge in [0.15, 0.2) is 5.76 Å². The number of rotatable bonds is 5. The number of benzene rings is 3. The van der Waals surface area contributed by atoms with E-state index in [1.807, 2.05) is 19.1 Å². The van der Waals surface area contributed by atoms with Gasteiger partial charge in [0.05, 0.1) is 16.5 Å². The fraction of sp³-hybridized carbons (Fsp3) is 0.143. The van der Waals surface area contributed by atoms with Crippen LogP contribution in [0.3, 0.4) is 0 Å². The Morgan fingerprint density at radius 1 is 0.914 bits per heavy atom. The van der Waals surface area contributed by atoms with Crippen LogP contribution in [-0.2, 0) is 11.2 Å². The first kappa shape index (κ1) is 22.3. The fourth-order valence-corrected chi connectivity index (χ4v) is 4.17. The molecule has 5 rings (SSSR count). The molecule has 0 spiro atoms. The summed E-state index contributed by atoms with van der Waals surface area (Å²) in [6.45, 7) is 3.36. The zero-order valence-corrected chi connectivity index (χ0v) is 19.1. The highest BCUT2D eigenvalue weighted by atomic mass is 16.5. The van der Waals surface area contributed by atoms with E-state index in [-0.39, 0.29) is 28.0 Å². The van der Waals surface area contributed by atoms with Crippen LogP contribution in [0.4, 0.5) is 0 Å². The normalized spacial score (nSPS) is 13.7. The topological polar surface area (TPSA) is 93.9 Å². The predicted molar refractivity (Wildman–Crippen MR) is 129 cm³/mol. The van der Waals surface area contributed by atoms with E-state index in [2.05, 4.69) is 0 Å². The lowest BCUT2D eigenvalue weighted by Gasteiger charge is -2.21. The summed E-state index contributed by atoms with van der Waals surface area (Å²) in [5, 5.41) is 0.278. The van der Waals surface area contributed by atoms with Gasteiger partial charge >= 0.3 is 5.97 Å². The molecule has 1 atom stereocenters. The maximum Gasteiger partial charge on any atom is 0.334 e. The van der Waals surface area contributed by atoms with Crippen molar-refractivity contribution in [2.24, 2.45) is 0 Å². The molecule has 4 aromatic rings. The molecular formula is C28H21NO6. The molecule has 1 aliphatic heterocycles. The minimum Gasteiger partial charge on any atom is -0.452 e. The summed E-state index contributed by atoms with van der Waals surface area (Å²) in [6.07, 6.45) is 0.710. The molecule has 0 saturated heterocycles. The van der Waals surface area contributed by atoms with E-state index in [4.69, 9.17) is 9.15 Å². The minimum atomic E-state index is -1.26. The average molecular weight is 467 g/mol. The number of esters is 1. The van der Waals surface area contributed by atoms with Gasteiger partial charge in [0.2, 0.25) is 11.2 Å². The molecule has 1 unspecified atom stereocenters. The van der Waals surface area contributed by atoms with Crippen LogP contribution in [0.2, 0.25) is 0 Å². The first-order valence-corrected chi connectivity index (χ1v) is 11.2. The van der Waals surface area contributed by atoms with Gasteiger partial charge in [0, 0.05) is 5.56 Å². The Morgan fingerprint density at radius 3 is 2.17 bits per heavy atom. The van der Waals surface area contributed by atoms with Crippen LogP contribution in [0, 0.1) is 0 Å². The summed E-state index contributed by atoms with van der Waals surface area (Å²) < 4.78 is 11.6. The van der Waals surface area contributed by atoms with Crippen LogP contribution in [0.1, 0.15) is 40.1 Å². The van der Waals surface area contributed by atoms with E-state index >= 15 is 0 Å². The Kier molecular flexibility index (Phi) is 5.53. The highest BCUT2D eigenvalue weighted by molar-refractivity contribution is 6.22. The van der Waals surface area contributed by atoms with E-state index < -0.39 is 29.3 Å². The molecule has 35 heavy (non-hydrogen) atoms. The zero-order chi connectivity index (χ0) is 24.7. The van der Waals surface area contributed by atoms with E-state index in [0.29, 0.717) is 17.6 Å². The lowest BCUT2D eigenvalue weighted by Crippen LogP contribution is -2.45. The van der Waals surface area contributed by atoms with Crippen molar-refractivity contribution in [3.05, 3.63) is 99.7 Å². The number of aryl methyl sites for hydroxylation is 1. The van der Waals surface area contributed by atoms with Crippen LogP contribution in [-0.4, -0.2) is 28.7 Å². The monoisotopic (exact) mass is 467 g/mol. The molecule has 7 heteroatoms. The standard InChI is InChI=1S/C28H21NO6/c1-3-17-13-14-22-21(15-17)23(30)25(24(34-22)18-9-5-4-6-10-18)35-28(33)16(2)29-26(31)19-11-7-8-12-20(19)27(29)32/h4-16H,3H2,1-2H3. The molecular weight excluding hydrogens is 446 g/mol. The van der Waals surface area contributed by atoms with Gasteiger partial charge in [0.1, 0.15) is 11.6 Å². The predicted octanol–water partition coefficient (Wildman–Crippen LogP) is 4.61. The number of nitrogens with zero attached hydrogens (tertiary/aromatic N) is 1. The third-order valence-electron chi connectivity index (χ3n) is 6.11. The Balaban J connectivity index is 1.57. The van der Waals surface area contributed by atoms with Gasteiger partial charge in [-0.25, -0.2) is 4.79 Å². The maximum atomic E-state index is 13.5. The molecule has 2 heterocycles. The summed E-state index contributed by atoms with van der Waals surface area (Å²) in [5.74, 6) is -2.29. The highest BCUT2D eigenvalue weighted by Crippen LogP contribution is 2.32. The molecule has 0 aliphatic carbocycles. The van der Waals surface area contributed by atoms with Crippen LogP contribution in [0.15, 0.2) is 82.0 Å². The molecule has 3 aromatic carbocycles. The summed E-state index contributed by atoms with van der Waals surface area (Å²) in [5.41, 5.74) is 1.76. The van der Waals surface area contributed by atoms with Crippen molar-refractivity contribution in [1.82, 2.24) is 4.90 Å². The van der Waals surface area contributed by atoms with Crippen molar-refractivity contribution >= 4 is 28.8 Å². The van der Waals surface area contributed by atoms with Crippen molar-refractivity contribution in [3.8, 4) is 17.1 Å². The highest BCUT2D eigenvalue weighted by Gasteiger charge is 2.41. The van der Waals surface area contributed by atoms with Gasteiger partial charge in [0.25, 0.3) is 11.8 Å². The van der Waals surface area contributed by atoms with Gasteiger partial charge in [-0.05, 0) is 43.2 Å². The molecule has 0 saturated carbocycles. The van der Waals surface area contributed by atoms with E-state index in [0.717, 1.165) is 10.5 Å². The summed E-state index contributed by atoms with van der Waals surface area (Å²) >= 11 is 0. The number of hydrogen-bond acceptors (Lipinski definition) is 6. The van der Waals surface area contributed by atoms with E-state index in [1.54, 1.807) is 48.5 Å². The second kappa shape index (κ2) is 8.68. The number of hydrogen-bond donors (Lipinski definition) is 0. The second-order valence-corrected chi connectivity index (χ2v) is 8.26. The number of fused-ring (bicyclic) bond motifs is 2. The number of carbonyl (C=O) groups is 3. The first-order chi connectivity index (χ1) is 16.9. The molecule has 7 nitrogen and oxygen atoms in total. The number of amides is 2. The molecule has 1 aromatic heterocycles. The van der Waals surface area contributed by atoms with Crippen molar-refractivity contribution < 1.29 is 23.5 Å². The first-order valence-electron chi connectivity index (χ1n) is 11.2. The number of ether oxygens (including phenoxy) is 1. The Labute approximate surface area is 200 Å². The van der Waals surface area contributed by atoms with Gasteiger partial charge in [-0.15, -0.1) is 0 Å². The minimum absolute atomic E-state index is 0.0928. The SMILES string of the molecule is CCc1ccc2oc(-c3ccccc3)c(OC(=O)C(C)N3C(=O)c4ccccc4C3=O)c(=O)c2c1. The summed E-state index contributed by atoms with van der Waals surface area (Å²) in [7, 11) is 0. The zero-order valence-electron chi connectivity index (χ0n) is 19.1. The van der Waals surface area contributed by atoms with Crippen LogP contribution in [0.25, 0.3) is 22.3 Å². The average Bonchev–Trinajstić information content (AvgIpc) is 3.15. The Bertz CT molecular complexity index is 1520. The quantitative estimate of drug-likeness (QED) is 0.314. The molecule has 174 valence electrons. The third kappa shape index (κ3) is 3.71. The summed E-state index contributed by atoms with van der Waals surface area (Å²) in [4.78, 5) is 53.2. The summed E-state index contributed by atoms with van der Waals surface area (Å²) in [6, 6.07) is 19.2. The van der Waals surface area contributed by atoms with Crippen molar-refractivity contribution in [1.29, 1.82) is 0 Å². The van der Waals surface area contributed by atoms with Crippen molar-refractivity contribution in [3.63, 3.8) is 0 Å². The molecule has 0 fully saturated rings. The molecule has 1 aliphatic rings. The molecule has 0 radical (unpaired) electrons. The van der Waals surface area contributed by atoms with Crippen molar-refractivity contribution in [2.45, 2.75) is 26.3 Å². The third-order valence-corrected chi connectivity index (χ3v) is 6.11. The lowest BCUT2D eigenvalue weighted by atomic mass is 10.1. The van der Waals surface area contributed by atoms with Gasteiger partial charge in [-0.2, -0.15) is 0 Å². The van der Waals surface area contributed by atoms with Crippen LogP contribution >= 0.6 is 0 Å². The largest absolute Gasteiger partial charge is 0.452 e. The molecule has 0 N–H and O–H groups in total. The maximum absolute atomic E-state index is 13.5. The Morgan fingerprint density at radius 2 is 1.54 bits per heavy atom. The smallest absolute Gasteiger partial charge is 0.334 e. The number of imide groups is 1. The van der Waals surface area contributed by atoms with Crippen LogP contribution in [0.5, 0.6) is 5.75 Å². The lowest BCUT2D eigenvalue weighted by molar-refractivity contribution is -0.138. The molecule has 0 bridgehead atoms. The molecule has 2 amide bonds. The van der Waals surface area contributed by atoms with Gasteiger partial charge < -0.3 is 9.15 Å².